The highest BCUT2D eigenvalue weighted by molar-refractivity contribution is 7.90. The Morgan fingerprint density at radius 1 is 0.949 bits per heavy atom. The van der Waals surface area contributed by atoms with Gasteiger partial charge in [0.2, 0.25) is 0 Å². The molecular formula is C27H17Cl2F2N3O4S. The number of fused-ring (bicyclic) bond motifs is 1. The quantitative estimate of drug-likeness (QED) is 0.264. The number of carbonyl (C=O) groups is 1. The van der Waals surface area contributed by atoms with Gasteiger partial charge in [0.15, 0.2) is 0 Å². The van der Waals surface area contributed by atoms with E-state index < -0.39 is 33.1 Å². The number of carbonyl (C=O) groups excluding carboxylic acids is 1. The number of pyridine rings is 1. The van der Waals surface area contributed by atoms with Crippen molar-refractivity contribution in [1.29, 1.82) is 0 Å². The molecular weight excluding hydrogens is 571 g/mol. The number of H-pyrrole nitrogens is 1. The van der Waals surface area contributed by atoms with Gasteiger partial charge in [-0.05, 0) is 66.7 Å². The molecule has 3 aromatic carbocycles. The van der Waals surface area contributed by atoms with Crippen molar-refractivity contribution in [3.05, 3.63) is 122 Å². The van der Waals surface area contributed by atoms with Crippen LogP contribution in [0.15, 0.2) is 88.7 Å². The summed E-state index contributed by atoms with van der Waals surface area (Å²) in [5, 5.41) is 0.720. The molecule has 5 rings (SSSR count). The van der Waals surface area contributed by atoms with Gasteiger partial charge in [-0.3, -0.25) is 9.59 Å². The zero-order valence-corrected chi connectivity index (χ0v) is 22.0. The summed E-state index contributed by atoms with van der Waals surface area (Å²) < 4.78 is 58.3. The fraction of sp³-hybridized carbons (Fsp3) is 0.0370. The molecule has 0 aliphatic carbocycles. The standard InChI is InChI=1S/C27H17Cl2F2N3O4S/c28-16-3-1-4-19(12-16)39(37,38)33-27(36)25-24(20-5-2-10-32-26(20)35)21-13-17(29)6-9-23(21)34(25)14-15-11-18(30)7-8-22(15)31/h1-13H,14H2,(H,32,35)(H,33,36). The largest absolute Gasteiger partial charge is 0.331 e. The lowest BCUT2D eigenvalue weighted by Crippen LogP contribution is -2.33. The molecule has 0 unspecified atom stereocenters. The summed E-state index contributed by atoms with van der Waals surface area (Å²) in [7, 11) is -4.43. The Morgan fingerprint density at radius 3 is 2.46 bits per heavy atom. The van der Waals surface area contributed by atoms with Crippen LogP contribution in [0.25, 0.3) is 22.0 Å². The minimum Gasteiger partial charge on any atom is -0.331 e. The van der Waals surface area contributed by atoms with Gasteiger partial charge in [0.25, 0.3) is 21.5 Å². The van der Waals surface area contributed by atoms with Crippen molar-refractivity contribution < 1.29 is 22.0 Å². The van der Waals surface area contributed by atoms with Crippen LogP contribution in [-0.4, -0.2) is 23.9 Å². The molecule has 5 aromatic rings. The topological polar surface area (TPSA) is 101 Å². The Balaban J connectivity index is 1.79. The maximum atomic E-state index is 14.7. The molecule has 12 heteroatoms. The van der Waals surface area contributed by atoms with Gasteiger partial charge in [-0.15, -0.1) is 0 Å². The second-order valence-corrected chi connectivity index (χ2v) is 11.1. The molecule has 1 amide bonds. The highest BCUT2D eigenvalue weighted by Crippen LogP contribution is 2.36. The van der Waals surface area contributed by atoms with E-state index in [9.17, 15) is 26.8 Å². The van der Waals surface area contributed by atoms with Crippen LogP contribution in [0.2, 0.25) is 10.0 Å². The van der Waals surface area contributed by atoms with Crippen LogP contribution in [0.4, 0.5) is 8.78 Å². The van der Waals surface area contributed by atoms with E-state index >= 15 is 0 Å². The van der Waals surface area contributed by atoms with E-state index in [2.05, 4.69) is 4.98 Å². The highest BCUT2D eigenvalue weighted by atomic mass is 35.5. The van der Waals surface area contributed by atoms with Crippen LogP contribution in [-0.2, 0) is 16.6 Å². The third-order valence-corrected chi connectivity index (χ3v) is 7.80. The maximum Gasteiger partial charge on any atom is 0.282 e. The monoisotopic (exact) mass is 587 g/mol. The average molecular weight is 588 g/mol. The summed E-state index contributed by atoms with van der Waals surface area (Å²) in [4.78, 5) is 28.9. The molecule has 198 valence electrons. The number of aromatic amines is 1. The van der Waals surface area contributed by atoms with E-state index in [4.69, 9.17) is 23.2 Å². The van der Waals surface area contributed by atoms with Gasteiger partial charge in [0.1, 0.15) is 17.3 Å². The number of hydrogen-bond acceptors (Lipinski definition) is 4. The molecule has 2 heterocycles. The van der Waals surface area contributed by atoms with E-state index in [0.717, 1.165) is 24.3 Å². The van der Waals surface area contributed by atoms with E-state index in [0.29, 0.717) is 10.9 Å². The van der Waals surface area contributed by atoms with Crippen LogP contribution >= 0.6 is 23.2 Å². The summed E-state index contributed by atoms with van der Waals surface area (Å²) in [5.41, 5.74) is -0.536. The Bertz CT molecular complexity index is 1940. The van der Waals surface area contributed by atoms with Crippen molar-refractivity contribution in [3.63, 3.8) is 0 Å². The van der Waals surface area contributed by atoms with Gasteiger partial charge >= 0.3 is 0 Å². The second-order valence-electron chi connectivity index (χ2n) is 8.51. The van der Waals surface area contributed by atoms with Crippen molar-refractivity contribution >= 4 is 50.0 Å². The summed E-state index contributed by atoms with van der Waals surface area (Å²) in [6.45, 7) is -0.369. The van der Waals surface area contributed by atoms with E-state index in [1.165, 1.54) is 59.3 Å². The minimum absolute atomic E-state index is 0.0357. The smallest absolute Gasteiger partial charge is 0.282 e. The van der Waals surface area contributed by atoms with Crippen molar-refractivity contribution in [2.75, 3.05) is 0 Å². The van der Waals surface area contributed by atoms with E-state index in [1.54, 1.807) is 0 Å². The van der Waals surface area contributed by atoms with E-state index in [1.807, 2.05) is 4.72 Å². The van der Waals surface area contributed by atoms with Crippen molar-refractivity contribution in [2.45, 2.75) is 11.4 Å². The molecule has 39 heavy (non-hydrogen) atoms. The first-order valence-electron chi connectivity index (χ1n) is 11.3. The van der Waals surface area contributed by atoms with Gasteiger partial charge < -0.3 is 9.55 Å². The van der Waals surface area contributed by atoms with E-state index in [-0.39, 0.29) is 43.9 Å². The molecule has 0 bridgehead atoms. The fourth-order valence-electron chi connectivity index (χ4n) is 4.32. The summed E-state index contributed by atoms with van der Waals surface area (Å²) in [6, 6.07) is 15.7. The Labute approximate surface area is 230 Å². The molecule has 0 fully saturated rings. The molecule has 0 spiro atoms. The second kappa shape index (κ2) is 10.3. The van der Waals surface area contributed by atoms with Crippen LogP contribution in [0.5, 0.6) is 0 Å². The predicted octanol–water partition coefficient (Wildman–Crippen LogP) is 5.75. The third kappa shape index (κ3) is 5.18. The lowest BCUT2D eigenvalue weighted by molar-refractivity contribution is 0.0974. The molecule has 0 aliphatic heterocycles. The number of rotatable bonds is 6. The summed E-state index contributed by atoms with van der Waals surface area (Å²) >= 11 is 12.2. The number of benzene rings is 3. The zero-order chi connectivity index (χ0) is 27.9. The average Bonchev–Trinajstić information content (AvgIpc) is 3.19. The van der Waals surface area contributed by atoms with Crippen molar-refractivity contribution in [3.8, 4) is 11.1 Å². The Kier molecular flexibility index (Phi) is 7.02. The normalized spacial score (nSPS) is 11.6. The molecule has 0 aliphatic rings. The number of amides is 1. The lowest BCUT2D eigenvalue weighted by atomic mass is 10.0. The van der Waals surface area contributed by atoms with Crippen molar-refractivity contribution in [2.24, 2.45) is 0 Å². The SMILES string of the molecule is O=C(NS(=O)(=O)c1cccc(Cl)c1)c1c(-c2ccc[nH]c2=O)c2cc(Cl)ccc2n1Cc1cc(F)ccc1F. The van der Waals surface area contributed by atoms with Gasteiger partial charge in [-0.1, -0.05) is 29.3 Å². The molecule has 0 saturated carbocycles. The first kappa shape index (κ1) is 26.6. The van der Waals surface area contributed by atoms with Gasteiger partial charge in [0, 0.05) is 43.8 Å². The summed E-state index contributed by atoms with van der Waals surface area (Å²) in [6.07, 6.45) is 1.39. The van der Waals surface area contributed by atoms with Gasteiger partial charge in [-0.25, -0.2) is 21.9 Å². The Morgan fingerprint density at radius 2 is 1.72 bits per heavy atom. The first-order chi connectivity index (χ1) is 18.5. The number of sulfonamides is 1. The van der Waals surface area contributed by atoms with Gasteiger partial charge in [0.05, 0.1) is 11.4 Å². The zero-order valence-electron chi connectivity index (χ0n) is 19.7. The molecule has 0 atom stereocenters. The predicted molar refractivity (Wildman–Crippen MR) is 145 cm³/mol. The molecule has 0 radical (unpaired) electrons. The molecule has 0 saturated heterocycles. The van der Waals surface area contributed by atoms with Gasteiger partial charge in [-0.2, -0.15) is 0 Å². The van der Waals surface area contributed by atoms with Crippen LogP contribution in [0.1, 0.15) is 16.1 Å². The minimum atomic E-state index is -4.43. The lowest BCUT2D eigenvalue weighted by Gasteiger charge is -2.14. The van der Waals surface area contributed by atoms with Crippen LogP contribution in [0, 0.1) is 11.6 Å². The van der Waals surface area contributed by atoms with Crippen molar-refractivity contribution in [1.82, 2.24) is 14.3 Å². The molecule has 2 N–H and O–H groups in total. The number of hydrogen-bond donors (Lipinski definition) is 2. The summed E-state index contributed by atoms with van der Waals surface area (Å²) in [5.74, 6) is -2.57. The third-order valence-electron chi connectivity index (χ3n) is 6.00. The highest BCUT2D eigenvalue weighted by Gasteiger charge is 2.29. The number of nitrogens with one attached hydrogen (secondary N) is 2. The maximum absolute atomic E-state index is 14.7. The number of nitrogens with zero attached hydrogens (tertiary/aromatic N) is 1. The van der Waals surface area contributed by atoms with Crippen LogP contribution < -0.4 is 10.3 Å². The van der Waals surface area contributed by atoms with Crippen LogP contribution in [0.3, 0.4) is 0 Å². The molecule has 2 aromatic heterocycles. The first-order valence-corrected chi connectivity index (χ1v) is 13.6. The fourth-order valence-corrected chi connectivity index (χ4v) is 5.74. The number of halogens is 4. The number of aromatic nitrogens is 2. The Hall–Kier alpha value is -3.99. The molecule has 7 nitrogen and oxygen atoms in total.